The van der Waals surface area contributed by atoms with Crippen molar-refractivity contribution in [2.75, 3.05) is 12.4 Å². The molecule has 1 saturated heterocycles. The van der Waals surface area contributed by atoms with Crippen molar-refractivity contribution in [2.24, 2.45) is 0 Å². The van der Waals surface area contributed by atoms with Crippen molar-refractivity contribution < 1.29 is 29.0 Å². The fourth-order valence-corrected chi connectivity index (χ4v) is 4.79. The number of aliphatic carboxylic acids is 1. The van der Waals surface area contributed by atoms with E-state index in [2.05, 4.69) is 5.32 Å². The monoisotopic (exact) mass is 462 g/mol. The van der Waals surface area contributed by atoms with Crippen molar-refractivity contribution in [1.82, 2.24) is 10.2 Å². The molecule has 2 atom stereocenters. The number of carbonyl (C=O) groups excluding carboxylic acids is 3. The summed E-state index contributed by atoms with van der Waals surface area (Å²) in [4.78, 5) is 50.1. The summed E-state index contributed by atoms with van der Waals surface area (Å²) in [5.74, 6) is -2.04. The van der Waals surface area contributed by atoms with E-state index in [0.29, 0.717) is 11.3 Å². The van der Waals surface area contributed by atoms with Crippen LogP contribution in [0.5, 0.6) is 0 Å². The van der Waals surface area contributed by atoms with Gasteiger partial charge in [0.1, 0.15) is 17.1 Å². The number of allylic oxidation sites excluding steroid dienone is 1. The highest BCUT2D eigenvalue weighted by Gasteiger charge is 2.51. The number of carboxylic acids is 1. The molecule has 0 radical (unpaired) electrons. The van der Waals surface area contributed by atoms with E-state index < -0.39 is 23.3 Å². The van der Waals surface area contributed by atoms with E-state index >= 15 is 0 Å². The molecule has 32 heavy (non-hydrogen) atoms. The number of ether oxygens (including phenoxy) is 1. The number of hydrogen-bond acceptors (Lipinski definition) is 6. The Kier molecular flexibility index (Phi) is 9.31. The first kappa shape index (κ1) is 25.5. The quantitative estimate of drug-likeness (QED) is 0.295. The van der Waals surface area contributed by atoms with Gasteiger partial charge in [0.15, 0.2) is 0 Å². The van der Waals surface area contributed by atoms with Crippen LogP contribution >= 0.6 is 11.8 Å². The minimum Gasteiger partial charge on any atom is -0.477 e. The van der Waals surface area contributed by atoms with Crippen LogP contribution in [0, 0.1) is 0 Å². The molecule has 0 bridgehead atoms. The summed E-state index contributed by atoms with van der Waals surface area (Å²) >= 11 is 1.25. The second kappa shape index (κ2) is 11.7. The lowest BCUT2D eigenvalue weighted by atomic mass is 10.0. The van der Waals surface area contributed by atoms with E-state index in [1.807, 2.05) is 31.2 Å². The van der Waals surface area contributed by atoms with Crippen LogP contribution in [0.25, 0.3) is 0 Å². The summed E-state index contributed by atoms with van der Waals surface area (Å²) < 4.78 is 4.92. The van der Waals surface area contributed by atoms with Gasteiger partial charge in [0.25, 0.3) is 5.91 Å². The lowest BCUT2D eigenvalue weighted by molar-refractivity contribution is -0.150. The van der Waals surface area contributed by atoms with Crippen molar-refractivity contribution in [1.29, 1.82) is 0 Å². The molecule has 1 heterocycles. The maximum Gasteiger partial charge on any atom is 0.352 e. The third-order valence-electron chi connectivity index (χ3n) is 5.03. The molecule has 2 amide bonds. The molecular formula is C23H30N2O6S. The molecule has 0 aromatic heterocycles. The van der Waals surface area contributed by atoms with E-state index in [1.54, 1.807) is 20.8 Å². The Morgan fingerprint density at radius 3 is 2.38 bits per heavy atom. The van der Waals surface area contributed by atoms with Crippen LogP contribution in [0.4, 0.5) is 0 Å². The molecule has 174 valence electrons. The summed E-state index contributed by atoms with van der Waals surface area (Å²) in [5.41, 5.74) is 2.31. The van der Waals surface area contributed by atoms with Crippen molar-refractivity contribution in [2.45, 2.75) is 58.4 Å². The number of esters is 1. The van der Waals surface area contributed by atoms with E-state index in [9.17, 15) is 24.3 Å². The van der Waals surface area contributed by atoms with Gasteiger partial charge in [0.05, 0.1) is 19.4 Å². The lowest BCUT2D eigenvalue weighted by Crippen LogP contribution is -2.69. The summed E-state index contributed by atoms with van der Waals surface area (Å²) in [6, 6.07) is 6.75. The number of amides is 2. The topological polar surface area (TPSA) is 113 Å². The number of thioether (sulfide) groups is 1. The molecule has 0 saturated carbocycles. The van der Waals surface area contributed by atoms with Gasteiger partial charge in [-0.25, -0.2) is 4.79 Å². The SMILES string of the molecule is CCOC(=O)CCSC1C(NC(=O)Cc2ccccc2CC)C(=O)N1C(C(=O)O)=C(C)C. The Morgan fingerprint density at radius 2 is 1.81 bits per heavy atom. The highest BCUT2D eigenvalue weighted by molar-refractivity contribution is 8.00. The largest absolute Gasteiger partial charge is 0.477 e. The van der Waals surface area contributed by atoms with E-state index in [0.717, 1.165) is 17.5 Å². The zero-order valence-corrected chi connectivity index (χ0v) is 19.7. The molecule has 1 fully saturated rings. The van der Waals surface area contributed by atoms with Crippen molar-refractivity contribution >= 4 is 35.5 Å². The van der Waals surface area contributed by atoms with Crippen molar-refractivity contribution in [3.05, 3.63) is 46.7 Å². The number of likely N-dealkylation sites (tertiary alicyclic amines) is 1. The molecule has 2 unspecified atom stereocenters. The molecule has 9 heteroatoms. The summed E-state index contributed by atoms with van der Waals surface area (Å²) in [7, 11) is 0. The molecule has 2 rings (SSSR count). The molecule has 0 aliphatic carbocycles. The molecule has 1 aromatic carbocycles. The standard InChI is InChI=1S/C23H30N2O6S/c1-5-15-9-7-8-10-16(15)13-17(26)24-19-21(28)25(20(14(3)4)23(29)30)22(19)32-12-11-18(27)31-6-2/h7-10,19,22H,5-6,11-13H2,1-4H3,(H,24,26)(H,29,30). The van der Waals surface area contributed by atoms with Crippen LogP contribution in [0.15, 0.2) is 35.5 Å². The highest BCUT2D eigenvalue weighted by atomic mass is 32.2. The molecular weight excluding hydrogens is 432 g/mol. The first-order valence-corrected chi connectivity index (χ1v) is 11.6. The van der Waals surface area contributed by atoms with Crippen LogP contribution in [-0.4, -0.2) is 57.5 Å². The first-order chi connectivity index (χ1) is 15.2. The van der Waals surface area contributed by atoms with Crippen molar-refractivity contribution in [3.63, 3.8) is 0 Å². The number of nitrogens with zero attached hydrogens (tertiary/aromatic N) is 1. The maximum atomic E-state index is 12.8. The number of nitrogens with one attached hydrogen (secondary N) is 1. The van der Waals surface area contributed by atoms with Crippen LogP contribution in [0.2, 0.25) is 0 Å². The number of rotatable bonds is 11. The summed E-state index contributed by atoms with van der Waals surface area (Å²) in [6.07, 6.45) is 1.04. The van der Waals surface area contributed by atoms with Crippen molar-refractivity contribution in [3.8, 4) is 0 Å². The van der Waals surface area contributed by atoms with Gasteiger partial charge in [-0.15, -0.1) is 11.8 Å². The van der Waals surface area contributed by atoms with Gasteiger partial charge in [0.2, 0.25) is 5.91 Å². The Balaban J connectivity index is 2.15. The second-order valence-electron chi connectivity index (χ2n) is 7.52. The minimum atomic E-state index is -1.21. The summed E-state index contributed by atoms with van der Waals surface area (Å²) in [5, 5.41) is 11.7. The van der Waals surface area contributed by atoms with Gasteiger partial charge in [-0.1, -0.05) is 31.2 Å². The van der Waals surface area contributed by atoms with Crippen LogP contribution < -0.4 is 5.32 Å². The number of aryl methyl sites for hydroxylation is 1. The van der Waals surface area contributed by atoms with Crippen LogP contribution in [-0.2, 0) is 36.8 Å². The minimum absolute atomic E-state index is 0.106. The molecule has 0 spiro atoms. The molecule has 2 N–H and O–H groups in total. The average molecular weight is 463 g/mol. The normalized spacial score (nSPS) is 17.4. The second-order valence-corrected chi connectivity index (χ2v) is 8.75. The fourth-order valence-electron chi connectivity index (χ4n) is 3.53. The molecule has 1 aliphatic rings. The Labute approximate surface area is 192 Å². The highest BCUT2D eigenvalue weighted by Crippen LogP contribution is 2.35. The lowest BCUT2D eigenvalue weighted by Gasteiger charge is -2.47. The van der Waals surface area contributed by atoms with Gasteiger partial charge >= 0.3 is 11.9 Å². The molecule has 1 aliphatic heterocycles. The Bertz CT molecular complexity index is 910. The number of benzene rings is 1. The maximum absolute atomic E-state index is 12.8. The van der Waals surface area contributed by atoms with Gasteiger partial charge < -0.3 is 15.2 Å². The molecule has 1 aromatic rings. The Hall–Kier alpha value is -2.81. The zero-order chi connectivity index (χ0) is 23.8. The third kappa shape index (κ3) is 6.12. The number of carbonyl (C=O) groups is 4. The van der Waals surface area contributed by atoms with Gasteiger partial charge in [-0.05, 0) is 43.9 Å². The fraction of sp³-hybridized carbons (Fsp3) is 0.478. The predicted molar refractivity (Wildman–Crippen MR) is 122 cm³/mol. The van der Waals surface area contributed by atoms with Gasteiger partial charge in [0, 0.05) is 5.75 Å². The predicted octanol–water partition coefficient (Wildman–Crippen LogP) is 2.51. The number of carboxylic acid groups (broad SMARTS) is 1. The van der Waals surface area contributed by atoms with Gasteiger partial charge in [-0.3, -0.25) is 19.3 Å². The number of hydrogen-bond donors (Lipinski definition) is 2. The third-order valence-corrected chi connectivity index (χ3v) is 6.29. The zero-order valence-electron chi connectivity index (χ0n) is 18.8. The van der Waals surface area contributed by atoms with Crippen LogP contribution in [0.1, 0.15) is 45.2 Å². The van der Waals surface area contributed by atoms with E-state index in [1.165, 1.54) is 16.7 Å². The first-order valence-electron chi connectivity index (χ1n) is 10.6. The van der Waals surface area contributed by atoms with E-state index in [-0.39, 0.29) is 37.0 Å². The van der Waals surface area contributed by atoms with Gasteiger partial charge in [-0.2, -0.15) is 0 Å². The average Bonchev–Trinajstić information content (AvgIpc) is 2.74. The molecule has 8 nitrogen and oxygen atoms in total. The smallest absolute Gasteiger partial charge is 0.352 e. The number of β-lactam (4-membered cyclic amide) rings is 1. The summed E-state index contributed by atoms with van der Waals surface area (Å²) in [6.45, 7) is 7.23. The Morgan fingerprint density at radius 1 is 1.16 bits per heavy atom. The van der Waals surface area contributed by atoms with Crippen LogP contribution in [0.3, 0.4) is 0 Å². The van der Waals surface area contributed by atoms with E-state index in [4.69, 9.17) is 4.74 Å².